The zero-order valence-corrected chi connectivity index (χ0v) is 10.2. The number of aromatic nitrogens is 1. The van der Waals surface area contributed by atoms with Crippen molar-refractivity contribution in [2.45, 2.75) is 19.0 Å². The molecule has 0 saturated carbocycles. The lowest BCUT2D eigenvalue weighted by molar-refractivity contribution is -0.137. The summed E-state index contributed by atoms with van der Waals surface area (Å²) in [6.07, 6.45) is -1.90. The Bertz CT molecular complexity index is 476. The van der Waals surface area contributed by atoms with Crippen molar-refractivity contribution < 1.29 is 18.0 Å². The van der Waals surface area contributed by atoms with Crippen molar-refractivity contribution in [3.8, 4) is 0 Å². The first-order valence-electron chi connectivity index (χ1n) is 5.96. The Hall–Kier alpha value is -1.79. The van der Waals surface area contributed by atoms with Gasteiger partial charge in [0, 0.05) is 19.3 Å². The molecule has 0 aliphatic carbocycles. The molecule has 1 aromatic rings. The molecule has 4 nitrogen and oxygen atoms in total. The number of halogens is 3. The van der Waals surface area contributed by atoms with Gasteiger partial charge in [0.05, 0.1) is 11.5 Å². The van der Waals surface area contributed by atoms with Crippen LogP contribution >= 0.6 is 0 Å². The number of piperidine rings is 1. The summed E-state index contributed by atoms with van der Waals surface area (Å²) in [4.78, 5) is 16.5. The van der Waals surface area contributed by atoms with Crippen LogP contribution in [0.25, 0.3) is 0 Å². The van der Waals surface area contributed by atoms with Crippen LogP contribution in [0.1, 0.15) is 18.4 Å². The SMILES string of the molecule is NC(=O)C1CCCN(c2ncccc2C(F)(F)F)C1. The fraction of sp³-hybridized carbons (Fsp3) is 0.500. The van der Waals surface area contributed by atoms with Crippen LogP contribution in [0, 0.1) is 5.92 Å². The maximum absolute atomic E-state index is 12.9. The lowest BCUT2D eigenvalue weighted by Crippen LogP contribution is -2.42. The smallest absolute Gasteiger partial charge is 0.369 e. The average Bonchev–Trinajstić information content (AvgIpc) is 2.38. The zero-order valence-electron chi connectivity index (χ0n) is 10.2. The van der Waals surface area contributed by atoms with Gasteiger partial charge in [-0.25, -0.2) is 4.98 Å². The number of nitrogens with two attached hydrogens (primary N) is 1. The van der Waals surface area contributed by atoms with Crippen LogP contribution in [0.4, 0.5) is 19.0 Å². The van der Waals surface area contributed by atoms with Gasteiger partial charge in [0.25, 0.3) is 0 Å². The van der Waals surface area contributed by atoms with Crippen molar-refractivity contribution in [1.82, 2.24) is 4.98 Å². The maximum atomic E-state index is 12.9. The Morgan fingerprint density at radius 1 is 1.47 bits per heavy atom. The van der Waals surface area contributed by atoms with Crippen LogP contribution in [-0.4, -0.2) is 24.0 Å². The minimum atomic E-state index is -4.46. The summed E-state index contributed by atoms with van der Waals surface area (Å²) in [7, 11) is 0. The first-order chi connectivity index (χ1) is 8.89. The maximum Gasteiger partial charge on any atom is 0.419 e. The molecule has 1 amide bonds. The molecule has 0 spiro atoms. The topological polar surface area (TPSA) is 59.2 Å². The minimum absolute atomic E-state index is 0.124. The summed E-state index contributed by atoms with van der Waals surface area (Å²) in [5.74, 6) is -1.02. The molecule has 1 saturated heterocycles. The van der Waals surface area contributed by atoms with E-state index < -0.39 is 23.6 Å². The molecule has 0 bridgehead atoms. The van der Waals surface area contributed by atoms with E-state index in [-0.39, 0.29) is 12.4 Å². The number of carbonyl (C=O) groups excluding carboxylic acids is 1. The van der Waals surface area contributed by atoms with Crippen molar-refractivity contribution in [2.24, 2.45) is 11.7 Å². The van der Waals surface area contributed by atoms with Gasteiger partial charge < -0.3 is 10.6 Å². The lowest BCUT2D eigenvalue weighted by Gasteiger charge is -2.33. The van der Waals surface area contributed by atoms with E-state index in [0.29, 0.717) is 19.4 Å². The number of rotatable bonds is 2. The first-order valence-corrected chi connectivity index (χ1v) is 5.96. The minimum Gasteiger partial charge on any atom is -0.369 e. The number of amides is 1. The normalized spacial score (nSPS) is 20.4. The molecule has 1 unspecified atom stereocenters. The summed E-state index contributed by atoms with van der Waals surface area (Å²) >= 11 is 0. The third kappa shape index (κ3) is 2.97. The molecule has 0 aromatic carbocycles. The average molecular weight is 273 g/mol. The molecular formula is C12H14F3N3O. The Morgan fingerprint density at radius 3 is 2.84 bits per heavy atom. The first kappa shape index (κ1) is 13.6. The van der Waals surface area contributed by atoms with Gasteiger partial charge in [-0.1, -0.05) is 0 Å². The highest BCUT2D eigenvalue weighted by atomic mass is 19.4. The Kier molecular flexibility index (Phi) is 3.64. The van der Waals surface area contributed by atoms with E-state index in [1.807, 2.05) is 0 Å². The monoisotopic (exact) mass is 273 g/mol. The standard InChI is InChI=1S/C12H14F3N3O/c13-12(14,15)9-4-1-5-17-11(9)18-6-2-3-8(7-18)10(16)19/h1,4-5,8H,2-3,6-7H2,(H2,16,19). The zero-order chi connectivity index (χ0) is 14.0. The van der Waals surface area contributed by atoms with E-state index in [2.05, 4.69) is 4.98 Å². The summed E-state index contributed by atoms with van der Waals surface area (Å²) in [6, 6.07) is 2.25. The number of nitrogens with zero attached hydrogens (tertiary/aromatic N) is 2. The molecule has 7 heteroatoms. The molecular weight excluding hydrogens is 259 g/mol. The summed E-state index contributed by atoms with van der Waals surface area (Å²) in [5, 5.41) is 0. The van der Waals surface area contributed by atoms with Gasteiger partial charge in [-0.05, 0) is 25.0 Å². The molecule has 2 N–H and O–H groups in total. The van der Waals surface area contributed by atoms with E-state index in [1.54, 1.807) is 0 Å². The van der Waals surface area contributed by atoms with Crippen LogP contribution in [-0.2, 0) is 11.0 Å². The van der Waals surface area contributed by atoms with E-state index in [1.165, 1.54) is 17.2 Å². The fourth-order valence-corrected chi connectivity index (χ4v) is 2.27. The van der Waals surface area contributed by atoms with Crippen LogP contribution in [0.2, 0.25) is 0 Å². The summed E-state index contributed by atoms with van der Waals surface area (Å²) in [6.45, 7) is 0.638. The molecule has 1 aliphatic rings. The van der Waals surface area contributed by atoms with Gasteiger partial charge in [-0.2, -0.15) is 13.2 Å². The van der Waals surface area contributed by atoms with E-state index >= 15 is 0 Å². The third-order valence-corrected chi connectivity index (χ3v) is 3.22. The van der Waals surface area contributed by atoms with Gasteiger partial charge in [0.15, 0.2) is 0 Å². The Balaban J connectivity index is 2.29. The van der Waals surface area contributed by atoms with E-state index in [4.69, 9.17) is 5.73 Å². The number of alkyl halides is 3. The van der Waals surface area contributed by atoms with Crippen molar-refractivity contribution in [1.29, 1.82) is 0 Å². The lowest BCUT2D eigenvalue weighted by atomic mass is 9.97. The molecule has 2 rings (SSSR count). The predicted octanol–water partition coefficient (Wildman–Crippen LogP) is 1.80. The van der Waals surface area contributed by atoms with Crippen molar-refractivity contribution in [3.05, 3.63) is 23.9 Å². The fourth-order valence-electron chi connectivity index (χ4n) is 2.27. The van der Waals surface area contributed by atoms with Gasteiger partial charge in [-0.15, -0.1) is 0 Å². The Labute approximate surface area is 108 Å². The van der Waals surface area contributed by atoms with Gasteiger partial charge in [0.1, 0.15) is 5.82 Å². The molecule has 1 atom stereocenters. The predicted molar refractivity (Wildman–Crippen MR) is 63.4 cm³/mol. The number of anilines is 1. The number of pyridine rings is 1. The number of carbonyl (C=O) groups is 1. The summed E-state index contributed by atoms with van der Waals surface area (Å²) in [5.41, 5.74) is 4.45. The van der Waals surface area contributed by atoms with Crippen LogP contribution < -0.4 is 10.6 Å². The van der Waals surface area contributed by atoms with Crippen LogP contribution in [0.3, 0.4) is 0 Å². The summed E-state index contributed by atoms with van der Waals surface area (Å²) < 4.78 is 38.7. The molecule has 104 valence electrons. The second-order valence-corrected chi connectivity index (χ2v) is 4.56. The highest BCUT2D eigenvalue weighted by Crippen LogP contribution is 2.36. The van der Waals surface area contributed by atoms with Gasteiger partial charge in [-0.3, -0.25) is 4.79 Å². The molecule has 0 radical (unpaired) electrons. The molecule has 1 aliphatic heterocycles. The molecule has 1 fully saturated rings. The number of primary amides is 1. The van der Waals surface area contributed by atoms with Crippen molar-refractivity contribution in [2.75, 3.05) is 18.0 Å². The molecule has 1 aromatic heterocycles. The Morgan fingerprint density at radius 2 is 2.21 bits per heavy atom. The molecule has 2 heterocycles. The van der Waals surface area contributed by atoms with Gasteiger partial charge in [0.2, 0.25) is 5.91 Å². The number of hydrogen-bond donors (Lipinski definition) is 1. The largest absolute Gasteiger partial charge is 0.419 e. The quantitative estimate of drug-likeness (QED) is 0.894. The molecule has 19 heavy (non-hydrogen) atoms. The second-order valence-electron chi connectivity index (χ2n) is 4.56. The highest BCUT2D eigenvalue weighted by Gasteiger charge is 2.37. The van der Waals surface area contributed by atoms with E-state index in [9.17, 15) is 18.0 Å². The third-order valence-electron chi connectivity index (χ3n) is 3.22. The van der Waals surface area contributed by atoms with Crippen LogP contribution in [0.15, 0.2) is 18.3 Å². The highest BCUT2D eigenvalue weighted by molar-refractivity contribution is 5.77. The van der Waals surface area contributed by atoms with E-state index in [0.717, 1.165) is 6.07 Å². The van der Waals surface area contributed by atoms with Crippen LogP contribution in [0.5, 0.6) is 0 Å². The number of hydrogen-bond acceptors (Lipinski definition) is 3. The second kappa shape index (κ2) is 5.07. The van der Waals surface area contributed by atoms with Crippen molar-refractivity contribution >= 4 is 11.7 Å². The van der Waals surface area contributed by atoms with Gasteiger partial charge >= 0.3 is 6.18 Å². The van der Waals surface area contributed by atoms with Crippen molar-refractivity contribution in [3.63, 3.8) is 0 Å².